The number of rotatable bonds is 19. The molecule has 0 radical (unpaired) electrons. The highest BCUT2D eigenvalue weighted by Crippen LogP contribution is 2.08. The number of carboxylic acid groups (broad SMARTS) is 1. The summed E-state index contributed by atoms with van der Waals surface area (Å²) in [5.41, 5.74) is 0. The fourth-order valence-corrected chi connectivity index (χ4v) is 2.68. The molecule has 164 valence electrons. The highest BCUT2D eigenvalue weighted by atomic mass is 16.7. The number of hydrogen-bond donors (Lipinski definition) is 1. The molecule has 0 aromatic heterocycles. The monoisotopic (exact) mass is 402 g/mol. The molecular formula is C21H38O7. The average molecular weight is 403 g/mol. The summed E-state index contributed by atoms with van der Waals surface area (Å²) in [6.07, 6.45) is 12.0. The van der Waals surface area contributed by atoms with Gasteiger partial charge in [0.15, 0.2) is 0 Å². The van der Waals surface area contributed by atoms with Crippen molar-refractivity contribution in [1.82, 2.24) is 0 Å². The largest absolute Gasteiger partial charge is 0.508 e. The van der Waals surface area contributed by atoms with Gasteiger partial charge in [-0.2, -0.15) is 0 Å². The maximum absolute atomic E-state index is 11.5. The SMILES string of the molecule is CCCCCCCCCCOC(=O)OCCOC(=O)CCCCCCC(=O)O. The summed E-state index contributed by atoms with van der Waals surface area (Å²) in [7, 11) is 0. The Hall–Kier alpha value is -1.79. The maximum Gasteiger partial charge on any atom is 0.508 e. The fourth-order valence-electron chi connectivity index (χ4n) is 2.68. The third-order valence-corrected chi connectivity index (χ3v) is 4.31. The molecule has 0 fully saturated rings. The van der Waals surface area contributed by atoms with E-state index < -0.39 is 12.1 Å². The first kappa shape index (κ1) is 26.2. The molecule has 0 saturated heterocycles. The van der Waals surface area contributed by atoms with E-state index >= 15 is 0 Å². The first-order valence-corrected chi connectivity index (χ1v) is 10.7. The second-order valence-electron chi connectivity index (χ2n) is 6.95. The van der Waals surface area contributed by atoms with Crippen LogP contribution in [0.15, 0.2) is 0 Å². The van der Waals surface area contributed by atoms with Crippen molar-refractivity contribution in [2.24, 2.45) is 0 Å². The predicted octanol–water partition coefficient (Wildman–Crippen LogP) is 5.25. The fraction of sp³-hybridized carbons (Fsp3) is 0.857. The van der Waals surface area contributed by atoms with Gasteiger partial charge in [0.1, 0.15) is 13.2 Å². The van der Waals surface area contributed by atoms with E-state index in [9.17, 15) is 14.4 Å². The zero-order valence-electron chi connectivity index (χ0n) is 17.4. The normalized spacial score (nSPS) is 10.5. The number of aliphatic carboxylic acids is 1. The van der Waals surface area contributed by atoms with E-state index in [-0.39, 0.29) is 32.0 Å². The number of unbranched alkanes of at least 4 members (excludes halogenated alkanes) is 10. The lowest BCUT2D eigenvalue weighted by Gasteiger charge is -2.07. The van der Waals surface area contributed by atoms with Gasteiger partial charge in [-0.1, -0.05) is 64.7 Å². The summed E-state index contributed by atoms with van der Waals surface area (Å²) in [6.45, 7) is 2.57. The van der Waals surface area contributed by atoms with Crippen LogP contribution in [-0.4, -0.2) is 43.0 Å². The number of hydrogen-bond acceptors (Lipinski definition) is 6. The lowest BCUT2D eigenvalue weighted by Crippen LogP contribution is -2.15. The molecule has 0 saturated carbocycles. The molecule has 0 aliphatic heterocycles. The summed E-state index contributed by atoms with van der Waals surface area (Å²) < 4.78 is 14.8. The molecule has 0 aromatic carbocycles. The first-order valence-electron chi connectivity index (χ1n) is 10.7. The molecule has 0 atom stereocenters. The Bertz CT molecular complexity index is 410. The molecule has 0 aliphatic rings. The Morgan fingerprint density at radius 3 is 1.75 bits per heavy atom. The molecule has 7 heteroatoms. The van der Waals surface area contributed by atoms with E-state index in [1.807, 2.05) is 0 Å². The van der Waals surface area contributed by atoms with Gasteiger partial charge in [0, 0.05) is 12.8 Å². The molecule has 0 unspecified atom stereocenters. The molecule has 0 bridgehead atoms. The van der Waals surface area contributed by atoms with E-state index in [1.54, 1.807) is 0 Å². The molecular weight excluding hydrogens is 364 g/mol. The van der Waals surface area contributed by atoms with Crippen molar-refractivity contribution < 1.29 is 33.7 Å². The Morgan fingerprint density at radius 2 is 1.11 bits per heavy atom. The molecule has 0 aromatic rings. The smallest absolute Gasteiger partial charge is 0.481 e. The quantitative estimate of drug-likeness (QED) is 0.233. The Balaban J connectivity index is 3.33. The third-order valence-electron chi connectivity index (χ3n) is 4.31. The lowest BCUT2D eigenvalue weighted by atomic mass is 10.1. The predicted molar refractivity (Wildman–Crippen MR) is 106 cm³/mol. The van der Waals surface area contributed by atoms with Crippen molar-refractivity contribution in [2.45, 2.75) is 96.8 Å². The van der Waals surface area contributed by atoms with Crippen LogP contribution in [0.5, 0.6) is 0 Å². The number of esters is 1. The van der Waals surface area contributed by atoms with Gasteiger partial charge in [-0.3, -0.25) is 9.59 Å². The van der Waals surface area contributed by atoms with E-state index in [1.165, 1.54) is 32.1 Å². The Labute approximate surface area is 169 Å². The topological polar surface area (TPSA) is 99.1 Å². The second-order valence-corrected chi connectivity index (χ2v) is 6.95. The second kappa shape index (κ2) is 20.0. The molecule has 7 nitrogen and oxygen atoms in total. The molecule has 0 spiro atoms. The van der Waals surface area contributed by atoms with Crippen LogP contribution in [0.4, 0.5) is 4.79 Å². The number of carbonyl (C=O) groups excluding carboxylic acids is 2. The zero-order valence-corrected chi connectivity index (χ0v) is 17.4. The van der Waals surface area contributed by atoms with Crippen LogP contribution in [0, 0.1) is 0 Å². The van der Waals surface area contributed by atoms with Crippen LogP contribution in [-0.2, 0) is 23.8 Å². The first-order chi connectivity index (χ1) is 13.6. The Kier molecular flexibility index (Phi) is 18.7. The minimum atomic E-state index is -0.796. The van der Waals surface area contributed by atoms with Crippen LogP contribution in [0.25, 0.3) is 0 Å². The minimum Gasteiger partial charge on any atom is -0.481 e. The summed E-state index contributed by atoms with van der Waals surface area (Å²) in [6, 6.07) is 0. The highest BCUT2D eigenvalue weighted by Gasteiger charge is 2.06. The minimum absolute atomic E-state index is 0.0133. The van der Waals surface area contributed by atoms with Crippen LogP contribution in [0.2, 0.25) is 0 Å². The molecule has 28 heavy (non-hydrogen) atoms. The average Bonchev–Trinajstić information content (AvgIpc) is 2.66. The van der Waals surface area contributed by atoms with Crippen molar-refractivity contribution >= 4 is 18.1 Å². The van der Waals surface area contributed by atoms with Crippen molar-refractivity contribution in [3.8, 4) is 0 Å². The maximum atomic E-state index is 11.5. The van der Waals surface area contributed by atoms with Crippen molar-refractivity contribution in [3.05, 3.63) is 0 Å². The molecule has 0 amide bonds. The number of ether oxygens (including phenoxy) is 3. The molecule has 0 heterocycles. The molecule has 0 rings (SSSR count). The van der Waals surface area contributed by atoms with Crippen LogP contribution >= 0.6 is 0 Å². The van der Waals surface area contributed by atoms with Gasteiger partial charge < -0.3 is 19.3 Å². The summed E-state index contributed by atoms with van der Waals surface area (Å²) in [5.74, 6) is -1.13. The number of carboxylic acids is 1. The van der Waals surface area contributed by atoms with E-state index in [4.69, 9.17) is 19.3 Å². The van der Waals surface area contributed by atoms with Gasteiger partial charge in [0.2, 0.25) is 0 Å². The standard InChI is InChI=1S/C21H38O7/c1-2-3-4-5-6-7-10-13-16-27-21(25)28-18-17-26-20(24)15-12-9-8-11-14-19(22)23/h2-18H2,1H3,(H,22,23). The van der Waals surface area contributed by atoms with Crippen molar-refractivity contribution in [3.63, 3.8) is 0 Å². The van der Waals surface area contributed by atoms with Gasteiger partial charge in [-0.15, -0.1) is 0 Å². The van der Waals surface area contributed by atoms with Gasteiger partial charge in [0.05, 0.1) is 6.61 Å². The Morgan fingerprint density at radius 1 is 0.607 bits per heavy atom. The van der Waals surface area contributed by atoms with Crippen molar-refractivity contribution in [1.29, 1.82) is 0 Å². The molecule has 1 N–H and O–H groups in total. The van der Waals surface area contributed by atoms with Gasteiger partial charge in [-0.05, 0) is 19.3 Å². The van der Waals surface area contributed by atoms with Crippen molar-refractivity contribution in [2.75, 3.05) is 19.8 Å². The van der Waals surface area contributed by atoms with E-state index in [0.717, 1.165) is 32.1 Å². The summed E-state index contributed by atoms with van der Waals surface area (Å²) in [5, 5.41) is 8.51. The molecule has 0 aliphatic carbocycles. The zero-order chi connectivity index (χ0) is 20.9. The van der Waals surface area contributed by atoms with Gasteiger partial charge >= 0.3 is 18.1 Å². The van der Waals surface area contributed by atoms with Crippen LogP contribution in [0.3, 0.4) is 0 Å². The lowest BCUT2D eigenvalue weighted by molar-refractivity contribution is -0.145. The summed E-state index contributed by atoms with van der Waals surface area (Å²) in [4.78, 5) is 33.2. The van der Waals surface area contributed by atoms with E-state index in [2.05, 4.69) is 6.92 Å². The van der Waals surface area contributed by atoms with Gasteiger partial charge in [0.25, 0.3) is 0 Å². The van der Waals surface area contributed by atoms with E-state index in [0.29, 0.717) is 19.4 Å². The summed E-state index contributed by atoms with van der Waals surface area (Å²) >= 11 is 0. The third kappa shape index (κ3) is 20.5. The van der Waals surface area contributed by atoms with Crippen LogP contribution < -0.4 is 0 Å². The number of carbonyl (C=O) groups is 3. The van der Waals surface area contributed by atoms with Crippen LogP contribution in [0.1, 0.15) is 96.8 Å². The highest BCUT2D eigenvalue weighted by molar-refractivity contribution is 5.69. The van der Waals surface area contributed by atoms with Gasteiger partial charge in [-0.25, -0.2) is 4.79 Å².